The fraction of sp³-hybridized carbons (Fsp3) is 0.800. The second-order valence-electron chi connectivity index (χ2n) is 5.48. The maximum atomic E-state index is 4.67. The van der Waals surface area contributed by atoms with Gasteiger partial charge in [-0.05, 0) is 54.8 Å². The molecule has 20 heavy (non-hydrogen) atoms. The quantitative estimate of drug-likeness (QED) is 0.832. The SMILES string of the molecule is CCc1nn(CC)c(CNC2CCCC(SC)C2)c1Br. The van der Waals surface area contributed by atoms with Gasteiger partial charge in [-0.2, -0.15) is 16.9 Å². The fourth-order valence-corrected chi connectivity index (χ4v) is 4.50. The standard InChI is InChI=1S/C15H26BrN3S/c1-4-13-15(16)14(19(5-2)18-13)10-17-11-7-6-8-12(9-11)20-3/h11-12,17H,4-10H2,1-3H3. The molecular formula is C15H26BrN3S. The van der Waals surface area contributed by atoms with Gasteiger partial charge in [0.2, 0.25) is 0 Å². The monoisotopic (exact) mass is 359 g/mol. The Kier molecular flexibility index (Phi) is 6.43. The average Bonchev–Trinajstić information content (AvgIpc) is 2.81. The summed E-state index contributed by atoms with van der Waals surface area (Å²) in [6, 6.07) is 0.665. The lowest BCUT2D eigenvalue weighted by atomic mass is 9.95. The van der Waals surface area contributed by atoms with Gasteiger partial charge in [0, 0.05) is 24.4 Å². The van der Waals surface area contributed by atoms with E-state index >= 15 is 0 Å². The van der Waals surface area contributed by atoms with E-state index in [9.17, 15) is 0 Å². The van der Waals surface area contributed by atoms with E-state index in [4.69, 9.17) is 0 Å². The first-order valence-corrected chi connectivity index (χ1v) is 9.77. The van der Waals surface area contributed by atoms with Gasteiger partial charge in [-0.25, -0.2) is 0 Å². The number of rotatable bonds is 6. The number of aryl methyl sites for hydroxylation is 2. The molecule has 0 aliphatic heterocycles. The molecule has 5 heteroatoms. The van der Waals surface area contributed by atoms with Crippen molar-refractivity contribution in [3.63, 3.8) is 0 Å². The summed E-state index contributed by atoms with van der Waals surface area (Å²) >= 11 is 5.75. The topological polar surface area (TPSA) is 29.9 Å². The molecule has 1 aromatic heterocycles. The molecule has 1 heterocycles. The lowest BCUT2D eigenvalue weighted by Gasteiger charge is -2.28. The first-order valence-electron chi connectivity index (χ1n) is 7.69. The lowest BCUT2D eigenvalue weighted by Crippen LogP contribution is -2.35. The van der Waals surface area contributed by atoms with Crippen LogP contribution in [-0.4, -0.2) is 27.3 Å². The summed E-state index contributed by atoms with van der Waals surface area (Å²) in [4.78, 5) is 0. The minimum atomic E-state index is 0.665. The smallest absolute Gasteiger partial charge is 0.0767 e. The number of aromatic nitrogens is 2. The molecule has 2 unspecified atom stereocenters. The molecule has 2 atom stereocenters. The van der Waals surface area contributed by atoms with E-state index in [1.165, 1.54) is 41.5 Å². The van der Waals surface area contributed by atoms with Crippen molar-refractivity contribution in [1.82, 2.24) is 15.1 Å². The van der Waals surface area contributed by atoms with Crippen molar-refractivity contribution in [3.8, 4) is 0 Å². The van der Waals surface area contributed by atoms with Crippen LogP contribution in [-0.2, 0) is 19.5 Å². The Labute approximate surface area is 135 Å². The zero-order chi connectivity index (χ0) is 14.5. The van der Waals surface area contributed by atoms with E-state index < -0.39 is 0 Å². The Morgan fingerprint density at radius 1 is 1.40 bits per heavy atom. The summed E-state index contributed by atoms with van der Waals surface area (Å²) in [6.07, 6.45) is 8.59. The summed E-state index contributed by atoms with van der Waals surface area (Å²) in [5.41, 5.74) is 2.48. The maximum Gasteiger partial charge on any atom is 0.0767 e. The highest BCUT2D eigenvalue weighted by atomic mass is 79.9. The predicted octanol–water partition coefficient (Wildman–Crippen LogP) is 3.99. The third kappa shape index (κ3) is 3.80. The molecule has 0 spiro atoms. The highest BCUT2D eigenvalue weighted by Gasteiger charge is 2.22. The van der Waals surface area contributed by atoms with E-state index in [0.29, 0.717) is 6.04 Å². The van der Waals surface area contributed by atoms with Gasteiger partial charge >= 0.3 is 0 Å². The molecule has 0 radical (unpaired) electrons. The number of halogens is 1. The molecule has 0 saturated heterocycles. The summed E-state index contributed by atoms with van der Waals surface area (Å²) in [5.74, 6) is 0. The van der Waals surface area contributed by atoms with E-state index in [2.05, 4.69) is 51.1 Å². The van der Waals surface area contributed by atoms with Gasteiger partial charge < -0.3 is 5.32 Å². The van der Waals surface area contributed by atoms with Crippen LogP contribution in [0.5, 0.6) is 0 Å². The Morgan fingerprint density at radius 2 is 2.20 bits per heavy atom. The minimum absolute atomic E-state index is 0.665. The highest BCUT2D eigenvalue weighted by molar-refractivity contribution is 9.10. The van der Waals surface area contributed by atoms with Crippen molar-refractivity contribution >= 4 is 27.7 Å². The van der Waals surface area contributed by atoms with Crippen molar-refractivity contribution in [2.75, 3.05) is 6.26 Å². The number of hydrogen-bond acceptors (Lipinski definition) is 3. The molecule has 1 aliphatic carbocycles. The highest BCUT2D eigenvalue weighted by Crippen LogP contribution is 2.28. The molecule has 1 saturated carbocycles. The normalized spacial score (nSPS) is 23.2. The third-order valence-electron chi connectivity index (χ3n) is 4.21. The summed E-state index contributed by atoms with van der Waals surface area (Å²) in [7, 11) is 0. The Balaban J connectivity index is 1.98. The van der Waals surface area contributed by atoms with Crippen LogP contribution < -0.4 is 5.32 Å². The molecule has 0 amide bonds. The molecule has 1 N–H and O–H groups in total. The van der Waals surface area contributed by atoms with Crippen LogP contribution in [0, 0.1) is 0 Å². The van der Waals surface area contributed by atoms with Gasteiger partial charge in [0.1, 0.15) is 0 Å². The Morgan fingerprint density at radius 3 is 2.85 bits per heavy atom. The predicted molar refractivity (Wildman–Crippen MR) is 91.4 cm³/mol. The Hall–Kier alpha value is -0.000000000000000111. The second kappa shape index (κ2) is 7.85. The average molecular weight is 360 g/mol. The molecule has 0 bridgehead atoms. The zero-order valence-corrected chi connectivity index (χ0v) is 15.2. The van der Waals surface area contributed by atoms with Gasteiger partial charge in [-0.3, -0.25) is 4.68 Å². The first kappa shape index (κ1) is 16.4. The lowest BCUT2D eigenvalue weighted by molar-refractivity contribution is 0.374. The van der Waals surface area contributed by atoms with Gasteiger partial charge in [0.25, 0.3) is 0 Å². The molecule has 114 valence electrons. The van der Waals surface area contributed by atoms with Crippen LogP contribution >= 0.6 is 27.7 Å². The molecule has 0 aromatic carbocycles. The van der Waals surface area contributed by atoms with Crippen molar-refractivity contribution in [1.29, 1.82) is 0 Å². The number of nitrogens with zero attached hydrogens (tertiary/aromatic N) is 2. The third-order valence-corrected chi connectivity index (χ3v) is 6.22. The van der Waals surface area contributed by atoms with Crippen LogP contribution in [0.4, 0.5) is 0 Å². The summed E-state index contributed by atoms with van der Waals surface area (Å²) in [5, 5.41) is 9.26. The molecule has 1 fully saturated rings. The molecule has 2 rings (SSSR count). The van der Waals surface area contributed by atoms with Crippen molar-refractivity contribution < 1.29 is 0 Å². The number of thioether (sulfide) groups is 1. The molecule has 1 aliphatic rings. The van der Waals surface area contributed by atoms with Gasteiger partial charge in [0.15, 0.2) is 0 Å². The van der Waals surface area contributed by atoms with Gasteiger partial charge in [0.05, 0.1) is 15.9 Å². The number of nitrogens with one attached hydrogen (secondary N) is 1. The van der Waals surface area contributed by atoms with Gasteiger partial charge in [-0.15, -0.1) is 0 Å². The van der Waals surface area contributed by atoms with Crippen LogP contribution in [0.2, 0.25) is 0 Å². The van der Waals surface area contributed by atoms with E-state index in [0.717, 1.165) is 24.8 Å². The largest absolute Gasteiger partial charge is 0.308 e. The van der Waals surface area contributed by atoms with Crippen LogP contribution in [0.15, 0.2) is 4.47 Å². The van der Waals surface area contributed by atoms with E-state index in [-0.39, 0.29) is 0 Å². The maximum absolute atomic E-state index is 4.67. The summed E-state index contributed by atoms with van der Waals surface area (Å²) < 4.78 is 3.33. The van der Waals surface area contributed by atoms with Crippen LogP contribution in [0.1, 0.15) is 50.9 Å². The Bertz CT molecular complexity index is 433. The van der Waals surface area contributed by atoms with Crippen LogP contribution in [0.25, 0.3) is 0 Å². The molecule has 1 aromatic rings. The van der Waals surface area contributed by atoms with E-state index in [1.807, 2.05) is 11.8 Å². The van der Waals surface area contributed by atoms with E-state index in [1.54, 1.807) is 0 Å². The second-order valence-corrected chi connectivity index (χ2v) is 7.41. The molecular weight excluding hydrogens is 334 g/mol. The zero-order valence-electron chi connectivity index (χ0n) is 12.8. The van der Waals surface area contributed by atoms with Crippen LogP contribution in [0.3, 0.4) is 0 Å². The van der Waals surface area contributed by atoms with Crippen molar-refractivity contribution in [2.45, 2.75) is 70.3 Å². The minimum Gasteiger partial charge on any atom is -0.308 e. The summed E-state index contributed by atoms with van der Waals surface area (Å²) in [6.45, 7) is 6.18. The fourth-order valence-electron chi connectivity index (χ4n) is 2.97. The van der Waals surface area contributed by atoms with Crippen molar-refractivity contribution in [3.05, 3.63) is 15.9 Å². The number of hydrogen-bond donors (Lipinski definition) is 1. The first-order chi connectivity index (χ1) is 9.69. The molecule has 3 nitrogen and oxygen atoms in total. The van der Waals surface area contributed by atoms with Gasteiger partial charge in [-0.1, -0.05) is 13.3 Å². The van der Waals surface area contributed by atoms with Crippen molar-refractivity contribution in [2.24, 2.45) is 0 Å².